The molecule has 1 unspecified atom stereocenters. The third-order valence-corrected chi connectivity index (χ3v) is 6.41. The fraction of sp³-hybridized carbons (Fsp3) is 0.591. The monoisotopic (exact) mass is 434 g/mol. The average Bonchev–Trinajstić information content (AvgIpc) is 2.74. The molecule has 1 N–H and O–H groups in total. The number of rotatable bonds is 5. The molecule has 1 aromatic rings. The maximum Gasteiger partial charge on any atom is 0.253 e. The number of benzene rings is 1. The number of piperazine rings is 1. The number of hydrogen-bond donors (Lipinski definition) is 1. The highest BCUT2D eigenvalue weighted by Crippen LogP contribution is 2.22. The minimum atomic E-state index is -0.628. The molecular formula is C22H31ClN4O3. The molecule has 3 rings (SSSR count). The zero-order valence-electron chi connectivity index (χ0n) is 17.8. The lowest BCUT2D eigenvalue weighted by Crippen LogP contribution is -2.50. The standard InChI is InChI=1S/C22H31ClN4O3/c1-16(24-21(29)18-5-3-4-6-19(18)23)22(30)27-9-7-17(8-10-27)15-20(28)26-13-11-25(2)12-14-26/h3-6,16-17H,7-15H2,1-2H3,(H,24,29). The topological polar surface area (TPSA) is 73.0 Å². The van der Waals surface area contributed by atoms with Gasteiger partial charge in [0.25, 0.3) is 5.91 Å². The van der Waals surface area contributed by atoms with Crippen LogP contribution in [0, 0.1) is 5.92 Å². The van der Waals surface area contributed by atoms with Gasteiger partial charge in [0.05, 0.1) is 10.6 Å². The summed E-state index contributed by atoms with van der Waals surface area (Å²) >= 11 is 6.06. The Bertz CT molecular complexity index is 771. The van der Waals surface area contributed by atoms with Crippen LogP contribution in [-0.2, 0) is 9.59 Å². The van der Waals surface area contributed by atoms with Crippen molar-refractivity contribution in [3.8, 4) is 0 Å². The maximum atomic E-state index is 12.8. The van der Waals surface area contributed by atoms with Crippen LogP contribution in [0.4, 0.5) is 0 Å². The Balaban J connectivity index is 1.44. The predicted molar refractivity (Wildman–Crippen MR) is 116 cm³/mol. The van der Waals surface area contributed by atoms with E-state index in [1.54, 1.807) is 36.1 Å². The van der Waals surface area contributed by atoms with Crippen LogP contribution in [0.1, 0.15) is 36.5 Å². The van der Waals surface area contributed by atoms with Gasteiger partial charge in [0.1, 0.15) is 6.04 Å². The van der Waals surface area contributed by atoms with Crippen molar-refractivity contribution in [2.24, 2.45) is 5.92 Å². The van der Waals surface area contributed by atoms with Crippen LogP contribution in [0.5, 0.6) is 0 Å². The number of nitrogens with one attached hydrogen (secondary N) is 1. The first-order valence-electron chi connectivity index (χ1n) is 10.7. The van der Waals surface area contributed by atoms with Crippen LogP contribution in [0.25, 0.3) is 0 Å². The highest BCUT2D eigenvalue weighted by Gasteiger charge is 2.29. The molecular weight excluding hydrogens is 404 g/mol. The summed E-state index contributed by atoms with van der Waals surface area (Å²) in [5.74, 6) is 0.0934. The van der Waals surface area contributed by atoms with Crippen LogP contribution < -0.4 is 5.32 Å². The minimum absolute atomic E-state index is 0.0979. The molecule has 2 aliphatic rings. The van der Waals surface area contributed by atoms with E-state index in [1.807, 2.05) is 4.90 Å². The van der Waals surface area contributed by atoms with Gasteiger partial charge in [-0.15, -0.1) is 0 Å². The van der Waals surface area contributed by atoms with E-state index in [2.05, 4.69) is 17.3 Å². The van der Waals surface area contributed by atoms with E-state index in [1.165, 1.54) is 0 Å². The lowest BCUT2D eigenvalue weighted by atomic mass is 9.92. The molecule has 7 nitrogen and oxygen atoms in total. The number of nitrogens with zero attached hydrogens (tertiary/aromatic N) is 3. The summed E-state index contributed by atoms with van der Waals surface area (Å²) < 4.78 is 0. The van der Waals surface area contributed by atoms with Gasteiger partial charge in [-0.2, -0.15) is 0 Å². The number of likely N-dealkylation sites (tertiary alicyclic amines) is 1. The summed E-state index contributed by atoms with van der Waals surface area (Å²) in [4.78, 5) is 43.7. The summed E-state index contributed by atoms with van der Waals surface area (Å²) in [6.07, 6.45) is 2.19. The Morgan fingerprint density at radius 2 is 1.67 bits per heavy atom. The fourth-order valence-electron chi connectivity index (χ4n) is 4.04. The van der Waals surface area contributed by atoms with E-state index in [0.29, 0.717) is 36.0 Å². The molecule has 2 heterocycles. The van der Waals surface area contributed by atoms with Gasteiger partial charge in [0.2, 0.25) is 11.8 Å². The number of halogens is 1. The van der Waals surface area contributed by atoms with Crippen LogP contribution in [-0.4, -0.2) is 84.8 Å². The largest absolute Gasteiger partial charge is 0.341 e. The molecule has 2 saturated heterocycles. The highest BCUT2D eigenvalue weighted by atomic mass is 35.5. The first-order chi connectivity index (χ1) is 14.3. The van der Waals surface area contributed by atoms with Crippen molar-refractivity contribution in [1.29, 1.82) is 0 Å². The first kappa shape index (κ1) is 22.6. The van der Waals surface area contributed by atoms with Crippen molar-refractivity contribution >= 4 is 29.3 Å². The van der Waals surface area contributed by atoms with E-state index in [9.17, 15) is 14.4 Å². The predicted octanol–water partition coefficient (Wildman–Crippen LogP) is 1.86. The van der Waals surface area contributed by atoms with Gasteiger partial charge < -0.3 is 20.0 Å². The molecule has 0 aromatic heterocycles. The van der Waals surface area contributed by atoms with E-state index < -0.39 is 6.04 Å². The Morgan fingerprint density at radius 1 is 1.03 bits per heavy atom. The Labute approximate surface area is 183 Å². The molecule has 0 bridgehead atoms. The van der Waals surface area contributed by atoms with E-state index in [0.717, 1.165) is 39.0 Å². The second-order valence-corrected chi connectivity index (χ2v) is 8.74. The van der Waals surface area contributed by atoms with Gasteiger partial charge in [-0.1, -0.05) is 23.7 Å². The molecule has 1 atom stereocenters. The van der Waals surface area contributed by atoms with E-state index >= 15 is 0 Å². The Hall–Kier alpha value is -2.12. The second-order valence-electron chi connectivity index (χ2n) is 8.33. The molecule has 164 valence electrons. The van der Waals surface area contributed by atoms with Gasteiger partial charge in [-0.3, -0.25) is 14.4 Å². The molecule has 8 heteroatoms. The van der Waals surface area contributed by atoms with E-state index in [4.69, 9.17) is 11.6 Å². The molecule has 30 heavy (non-hydrogen) atoms. The molecule has 0 radical (unpaired) electrons. The number of carbonyl (C=O) groups is 3. The zero-order valence-corrected chi connectivity index (χ0v) is 18.5. The van der Waals surface area contributed by atoms with Crippen molar-refractivity contribution < 1.29 is 14.4 Å². The maximum absolute atomic E-state index is 12.8. The van der Waals surface area contributed by atoms with Crippen molar-refractivity contribution in [3.05, 3.63) is 34.9 Å². The number of hydrogen-bond acceptors (Lipinski definition) is 4. The van der Waals surface area contributed by atoms with Gasteiger partial charge in [-0.25, -0.2) is 0 Å². The normalized spacial score (nSPS) is 19.4. The zero-order chi connectivity index (χ0) is 21.7. The van der Waals surface area contributed by atoms with Crippen molar-refractivity contribution in [2.75, 3.05) is 46.3 Å². The average molecular weight is 435 g/mol. The molecule has 2 aliphatic heterocycles. The third kappa shape index (κ3) is 5.73. The lowest BCUT2D eigenvalue weighted by Gasteiger charge is -2.36. The van der Waals surface area contributed by atoms with Gasteiger partial charge >= 0.3 is 0 Å². The molecule has 1 aromatic carbocycles. The number of amides is 3. The minimum Gasteiger partial charge on any atom is -0.341 e. The van der Waals surface area contributed by atoms with E-state index in [-0.39, 0.29) is 17.7 Å². The van der Waals surface area contributed by atoms with Gasteiger partial charge in [-0.05, 0) is 44.9 Å². The quantitative estimate of drug-likeness (QED) is 0.767. The molecule has 0 saturated carbocycles. The molecule has 0 aliphatic carbocycles. The van der Waals surface area contributed by atoms with Crippen LogP contribution in [0.15, 0.2) is 24.3 Å². The van der Waals surface area contributed by atoms with Crippen LogP contribution in [0.3, 0.4) is 0 Å². The SMILES string of the molecule is CC(NC(=O)c1ccccc1Cl)C(=O)N1CCC(CC(=O)N2CCN(C)CC2)CC1. The van der Waals surface area contributed by atoms with Crippen molar-refractivity contribution in [2.45, 2.75) is 32.2 Å². The van der Waals surface area contributed by atoms with Gasteiger partial charge in [0, 0.05) is 45.7 Å². The van der Waals surface area contributed by atoms with Crippen molar-refractivity contribution in [1.82, 2.24) is 20.0 Å². The first-order valence-corrected chi connectivity index (χ1v) is 11.0. The molecule has 2 fully saturated rings. The second kappa shape index (κ2) is 10.3. The van der Waals surface area contributed by atoms with Crippen molar-refractivity contribution in [3.63, 3.8) is 0 Å². The summed E-state index contributed by atoms with van der Waals surface area (Å²) in [6, 6.07) is 6.15. The van der Waals surface area contributed by atoms with Crippen LogP contribution in [0.2, 0.25) is 5.02 Å². The molecule has 0 spiro atoms. The number of carbonyl (C=O) groups excluding carboxylic acids is 3. The van der Waals surface area contributed by atoms with Gasteiger partial charge in [0.15, 0.2) is 0 Å². The highest BCUT2D eigenvalue weighted by molar-refractivity contribution is 6.33. The lowest BCUT2D eigenvalue weighted by molar-refractivity contribution is -0.135. The summed E-state index contributed by atoms with van der Waals surface area (Å²) in [5, 5.41) is 3.11. The summed E-state index contributed by atoms with van der Waals surface area (Å²) in [6.45, 7) is 6.38. The third-order valence-electron chi connectivity index (χ3n) is 6.08. The summed E-state index contributed by atoms with van der Waals surface area (Å²) in [7, 11) is 2.08. The Morgan fingerprint density at radius 3 is 2.30 bits per heavy atom. The smallest absolute Gasteiger partial charge is 0.253 e. The molecule has 3 amide bonds. The Kier molecular flexibility index (Phi) is 7.72. The van der Waals surface area contributed by atoms with Crippen LogP contribution >= 0.6 is 11.6 Å². The fourth-order valence-corrected chi connectivity index (χ4v) is 4.27. The number of piperidine rings is 1. The summed E-state index contributed by atoms with van der Waals surface area (Å²) in [5.41, 5.74) is 0.361. The number of likely N-dealkylation sites (N-methyl/N-ethyl adjacent to an activating group) is 1.